The van der Waals surface area contributed by atoms with Gasteiger partial charge in [-0.25, -0.2) is 22.9 Å². The number of carbonyl (C=O) groups is 1. The monoisotopic (exact) mass is 260 g/mol. The third kappa shape index (κ3) is 4.96. The van der Waals surface area contributed by atoms with Crippen LogP contribution in [0.1, 0.15) is 13.8 Å². The normalized spacial score (nSPS) is 12.4. The second-order valence-electron chi connectivity index (χ2n) is 4.39. The summed E-state index contributed by atoms with van der Waals surface area (Å²) in [6, 6.07) is -0.356. The van der Waals surface area contributed by atoms with E-state index >= 15 is 0 Å². The Balaban J connectivity index is 2.53. The Bertz CT molecular complexity index is 478. The van der Waals surface area contributed by atoms with Gasteiger partial charge >= 0.3 is 6.03 Å². The molecule has 1 amide bonds. The highest BCUT2D eigenvalue weighted by Gasteiger charge is 2.22. The van der Waals surface area contributed by atoms with Crippen molar-refractivity contribution in [3.05, 3.63) is 18.7 Å². The number of rotatable bonds is 4. The van der Waals surface area contributed by atoms with Gasteiger partial charge in [0.1, 0.15) is 6.33 Å². The number of nitrogens with one attached hydrogen (secondary N) is 2. The fraction of sp³-hybridized carbons (Fsp3) is 0.556. The Morgan fingerprint density at radius 3 is 2.59 bits per heavy atom. The van der Waals surface area contributed by atoms with Crippen LogP contribution in [0.25, 0.3) is 0 Å². The molecule has 0 saturated carbocycles. The van der Waals surface area contributed by atoms with Crippen LogP contribution in [0.5, 0.6) is 0 Å². The zero-order valence-electron chi connectivity index (χ0n) is 9.97. The molecule has 1 aromatic heterocycles. The predicted molar refractivity (Wildman–Crippen MR) is 63.1 cm³/mol. The maximum absolute atomic E-state index is 11.6. The van der Waals surface area contributed by atoms with Gasteiger partial charge in [0.05, 0.1) is 6.26 Å². The van der Waals surface area contributed by atoms with Crippen molar-refractivity contribution in [3.8, 4) is 0 Å². The summed E-state index contributed by atoms with van der Waals surface area (Å²) in [5.41, 5.74) is -0.746. The van der Waals surface area contributed by atoms with Gasteiger partial charge in [0.25, 0.3) is 0 Å². The Morgan fingerprint density at radius 1 is 1.47 bits per heavy atom. The average molecular weight is 260 g/mol. The summed E-state index contributed by atoms with van der Waals surface area (Å²) in [7, 11) is -3.30. The van der Waals surface area contributed by atoms with Crippen molar-refractivity contribution >= 4 is 16.1 Å². The minimum absolute atomic E-state index is 0.178. The van der Waals surface area contributed by atoms with E-state index in [9.17, 15) is 13.2 Å². The summed E-state index contributed by atoms with van der Waals surface area (Å²) in [6.45, 7) is 3.54. The first-order valence-corrected chi connectivity index (χ1v) is 6.84. The molecular formula is C9H16N4O3S. The van der Waals surface area contributed by atoms with Crippen molar-refractivity contribution in [3.63, 3.8) is 0 Å². The largest absolute Gasteiger partial charge is 0.336 e. The van der Waals surface area contributed by atoms with Gasteiger partial charge in [-0.1, -0.05) is 0 Å². The molecule has 1 aromatic rings. The number of sulfonamides is 1. The van der Waals surface area contributed by atoms with E-state index < -0.39 is 15.6 Å². The van der Waals surface area contributed by atoms with Crippen LogP contribution < -0.4 is 10.0 Å². The number of hydrogen-bond acceptors (Lipinski definition) is 4. The maximum atomic E-state index is 11.6. The van der Waals surface area contributed by atoms with E-state index in [0.29, 0.717) is 0 Å². The zero-order chi connectivity index (χ0) is 13.1. The van der Waals surface area contributed by atoms with Crippen LogP contribution in [0.4, 0.5) is 4.79 Å². The zero-order valence-corrected chi connectivity index (χ0v) is 10.8. The molecule has 0 unspecified atom stereocenters. The number of carbonyl (C=O) groups excluding carboxylic acids is 1. The van der Waals surface area contributed by atoms with Crippen LogP contribution in [-0.4, -0.2) is 42.3 Å². The van der Waals surface area contributed by atoms with E-state index in [2.05, 4.69) is 15.0 Å². The predicted octanol–water partition coefficient (Wildman–Crippen LogP) is -0.231. The molecule has 0 fully saturated rings. The number of aromatic nitrogens is 2. The second-order valence-corrected chi connectivity index (χ2v) is 6.14. The van der Waals surface area contributed by atoms with Crippen molar-refractivity contribution in [2.75, 3.05) is 12.8 Å². The van der Waals surface area contributed by atoms with E-state index in [1.807, 2.05) is 0 Å². The fourth-order valence-electron chi connectivity index (χ4n) is 1.31. The average Bonchev–Trinajstić information content (AvgIpc) is 2.63. The van der Waals surface area contributed by atoms with Crippen LogP contribution in [0.2, 0.25) is 0 Å². The molecule has 0 atom stereocenters. The molecule has 0 spiro atoms. The minimum Gasteiger partial charge on any atom is -0.336 e. The van der Waals surface area contributed by atoms with E-state index in [1.165, 1.54) is 23.3 Å². The standard InChI is InChI=1S/C9H16N4O3S/c1-9(2,12-17(3,15)16)6-11-8(14)13-5-4-10-7-13/h4-5,7,12H,6H2,1-3H3,(H,11,14). The fourth-order valence-corrected chi connectivity index (χ4v) is 2.38. The Labute approximate surface area is 100 Å². The SMILES string of the molecule is CC(C)(CNC(=O)n1ccnc1)NS(C)(=O)=O. The quantitative estimate of drug-likeness (QED) is 0.782. The molecule has 1 rings (SSSR count). The summed E-state index contributed by atoms with van der Waals surface area (Å²) in [6.07, 6.45) is 5.44. The van der Waals surface area contributed by atoms with Gasteiger partial charge in [-0.2, -0.15) is 0 Å². The first-order chi connectivity index (χ1) is 7.70. The van der Waals surface area contributed by atoms with Gasteiger partial charge in [-0.3, -0.25) is 4.57 Å². The molecule has 0 aromatic carbocycles. The lowest BCUT2D eigenvalue weighted by Gasteiger charge is -2.25. The highest BCUT2D eigenvalue weighted by atomic mass is 32.2. The molecule has 1 heterocycles. The second kappa shape index (κ2) is 4.84. The van der Waals surface area contributed by atoms with Gasteiger partial charge in [0, 0.05) is 24.5 Å². The van der Waals surface area contributed by atoms with Gasteiger partial charge in [-0.15, -0.1) is 0 Å². The van der Waals surface area contributed by atoms with Crippen molar-refractivity contribution in [1.82, 2.24) is 19.6 Å². The summed E-state index contributed by atoms with van der Waals surface area (Å²) in [5.74, 6) is 0. The number of imidazole rings is 1. The molecular weight excluding hydrogens is 244 g/mol. The molecule has 8 heteroatoms. The molecule has 0 saturated heterocycles. The molecule has 0 aliphatic heterocycles. The maximum Gasteiger partial charge on any atom is 0.326 e. The van der Waals surface area contributed by atoms with Gasteiger partial charge < -0.3 is 5.32 Å². The molecule has 96 valence electrons. The van der Waals surface area contributed by atoms with Gasteiger partial charge in [0.15, 0.2) is 0 Å². The molecule has 17 heavy (non-hydrogen) atoms. The third-order valence-corrected chi connectivity index (χ3v) is 2.81. The number of nitrogens with zero attached hydrogens (tertiary/aromatic N) is 2. The van der Waals surface area contributed by atoms with Crippen LogP contribution in [-0.2, 0) is 10.0 Å². The Morgan fingerprint density at radius 2 is 2.12 bits per heavy atom. The first-order valence-electron chi connectivity index (χ1n) is 4.95. The molecule has 0 aliphatic rings. The van der Waals surface area contributed by atoms with Crippen LogP contribution in [0.15, 0.2) is 18.7 Å². The Hall–Kier alpha value is -1.41. The lowest BCUT2D eigenvalue weighted by Crippen LogP contribution is -2.51. The van der Waals surface area contributed by atoms with Crippen LogP contribution >= 0.6 is 0 Å². The van der Waals surface area contributed by atoms with Crippen LogP contribution in [0.3, 0.4) is 0 Å². The lowest BCUT2D eigenvalue weighted by molar-refractivity contribution is 0.239. The summed E-state index contributed by atoms with van der Waals surface area (Å²) in [5, 5.41) is 2.60. The highest BCUT2D eigenvalue weighted by molar-refractivity contribution is 7.88. The summed E-state index contributed by atoms with van der Waals surface area (Å²) in [4.78, 5) is 15.3. The lowest BCUT2D eigenvalue weighted by atomic mass is 10.1. The van der Waals surface area contributed by atoms with Crippen molar-refractivity contribution in [2.45, 2.75) is 19.4 Å². The Kier molecular flexibility index (Phi) is 3.89. The summed E-state index contributed by atoms with van der Waals surface area (Å²) < 4.78 is 25.9. The van der Waals surface area contributed by atoms with Crippen molar-refractivity contribution in [2.24, 2.45) is 0 Å². The highest BCUT2D eigenvalue weighted by Crippen LogP contribution is 2.02. The van der Waals surface area contributed by atoms with Crippen LogP contribution in [0, 0.1) is 0 Å². The van der Waals surface area contributed by atoms with Crippen molar-refractivity contribution in [1.29, 1.82) is 0 Å². The minimum atomic E-state index is -3.30. The molecule has 0 aliphatic carbocycles. The molecule has 0 radical (unpaired) electrons. The number of amides is 1. The molecule has 0 bridgehead atoms. The van der Waals surface area contributed by atoms with E-state index in [4.69, 9.17) is 0 Å². The van der Waals surface area contributed by atoms with E-state index in [-0.39, 0.29) is 12.6 Å². The molecule has 7 nitrogen and oxygen atoms in total. The smallest absolute Gasteiger partial charge is 0.326 e. The molecule has 2 N–H and O–H groups in total. The third-order valence-electron chi connectivity index (χ3n) is 1.88. The summed E-state index contributed by atoms with van der Waals surface area (Å²) >= 11 is 0. The number of hydrogen-bond donors (Lipinski definition) is 2. The van der Waals surface area contributed by atoms with E-state index in [0.717, 1.165) is 6.26 Å². The first kappa shape index (κ1) is 13.7. The van der Waals surface area contributed by atoms with E-state index in [1.54, 1.807) is 13.8 Å². The topological polar surface area (TPSA) is 93.1 Å². The van der Waals surface area contributed by atoms with Gasteiger partial charge in [0.2, 0.25) is 10.0 Å². The van der Waals surface area contributed by atoms with Crippen molar-refractivity contribution < 1.29 is 13.2 Å². The van der Waals surface area contributed by atoms with Gasteiger partial charge in [-0.05, 0) is 13.8 Å².